The number of halogens is 1. The lowest BCUT2D eigenvalue weighted by Crippen LogP contribution is -2.44. The molecule has 0 bridgehead atoms. The maximum atomic E-state index is 12.2. The number of nitrogens with one attached hydrogen (secondary N) is 2. The first kappa shape index (κ1) is 20.3. The minimum absolute atomic E-state index is 0.239. The van der Waals surface area contributed by atoms with E-state index in [0.717, 1.165) is 31.9 Å². The van der Waals surface area contributed by atoms with Crippen molar-refractivity contribution < 1.29 is 0 Å². The number of aryl methyl sites for hydroxylation is 1. The van der Waals surface area contributed by atoms with Gasteiger partial charge in [0, 0.05) is 57.0 Å². The maximum absolute atomic E-state index is 12.2. The third-order valence-corrected chi connectivity index (χ3v) is 5.57. The van der Waals surface area contributed by atoms with Crippen LogP contribution in [0, 0.1) is 0 Å². The highest BCUT2D eigenvalue weighted by Gasteiger charge is 2.14. The van der Waals surface area contributed by atoms with E-state index >= 15 is 0 Å². The highest BCUT2D eigenvalue weighted by atomic mass is 79.9. The smallest absolute Gasteiger partial charge is 0.290 e. The van der Waals surface area contributed by atoms with E-state index in [2.05, 4.69) is 70.6 Å². The number of nitrogens with zero attached hydrogens (tertiary/aromatic N) is 6. The van der Waals surface area contributed by atoms with Crippen molar-refractivity contribution in [1.29, 1.82) is 0 Å². The van der Waals surface area contributed by atoms with Crippen molar-refractivity contribution in [2.75, 3.05) is 48.8 Å². The van der Waals surface area contributed by atoms with E-state index in [-0.39, 0.29) is 5.56 Å². The molecule has 1 aliphatic rings. The zero-order chi connectivity index (χ0) is 21.1. The molecule has 1 saturated heterocycles. The molecule has 0 saturated carbocycles. The Labute approximate surface area is 182 Å². The Hall–Kier alpha value is -2.98. The zero-order valence-electron chi connectivity index (χ0n) is 16.8. The quantitative estimate of drug-likeness (QED) is 0.587. The van der Waals surface area contributed by atoms with Crippen molar-refractivity contribution in [2.45, 2.75) is 0 Å². The van der Waals surface area contributed by atoms with E-state index in [1.54, 1.807) is 25.5 Å². The SMILES string of the molecule is CN1CCN(c2ccc(Nc3ncc(Br)c(Nc4ccnn(C)c4=O)n3)cc2)CC1. The van der Waals surface area contributed by atoms with Crippen LogP contribution in [0.15, 0.2) is 52.0 Å². The Kier molecular flexibility index (Phi) is 5.96. The summed E-state index contributed by atoms with van der Waals surface area (Å²) in [4.78, 5) is 25.7. The lowest BCUT2D eigenvalue weighted by Gasteiger charge is -2.34. The molecule has 0 aliphatic carbocycles. The Morgan fingerprint density at radius 1 is 1.00 bits per heavy atom. The Morgan fingerprint density at radius 2 is 1.73 bits per heavy atom. The second kappa shape index (κ2) is 8.80. The molecular formula is C20H23BrN8O. The number of piperazine rings is 1. The number of anilines is 5. The minimum atomic E-state index is -0.239. The molecule has 0 atom stereocenters. The highest BCUT2D eigenvalue weighted by Crippen LogP contribution is 2.25. The van der Waals surface area contributed by atoms with E-state index in [1.165, 1.54) is 10.4 Å². The topological polar surface area (TPSA) is 91.2 Å². The van der Waals surface area contributed by atoms with Gasteiger partial charge in [0.2, 0.25) is 5.95 Å². The summed E-state index contributed by atoms with van der Waals surface area (Å²) < 4.78 is 1.91. The fourth-order valence-corrected chi connectivity index (χ4v) is 3.48. The van der Waals surface area contributed by atoms with E-state index in [9.17, 15) is 4.79 Å². The first-order chi connectivity index (χ1) is 14.5. The van der Waals surface area contributed by atoms with Crippen LogP contribution in [0.25, 0.3) is 0 Å². The third kappa shape index (κ3) is 4.60. The van der Waals surface area contributed by atoms with Crippen LogP contribution in [0.5, 0.6) is 0 Å². The number of likely N-dealkylation sites (N-methyl/N-ethyl adjacent to an activating group) is 1. The predicted octanol–water partition coefficient (Wildman–Crippen LogP) is 2.57. The summed E-state index contributed by atoms with van der Waals surface area (Å²) in [5, 5.41) is 10.2. The minimum Gasteiger partial charge on any atom is -0.369 e. The molecule has 0 unspecified atom stereocenters. The summed E-state index contributed by atoms with van der Waals surface area (Å²) in [6.45, 7) is 4.21. The fourth-order valence-electron chi connectivity index (χ4n) is 3.19. The summed E-state index contributed by atoms with van der Waals surface area (Å²) in [5.74, 6) is 0.920. The van der Waals surface area contributed by atoms with Gasteiger partial charge in [0.15, 0.2) is 5.82 Å². The monoisotopic (exact) mass is 470 g/mol. The molecule has 156 valence electrons. The first-order valence-corrected chi connectivity index (χ1v) is 10.4. The number of hydrogen-bond donors (Lipinski definition) is 2. The molecule has 3 heterocycles. The van der Waals surface area contributed by atoms with Gasteiger partial charge in [0.25, 0.3) is 5.56 Å². The van der Waals surface area contributed by atoms with Crippen LogP contribution in [0.4, 0.5) is 28.8 Å². The number of benzene rings is 1. The van der Waals surface area contributed by atoms with Gasteiger partial charge in [0.05, 0.1) is 4.47 Å². The molecule has 2 aromatic heterocycles. The number of aromatic nitrogens is 4. The molecule has 0 spiro atoms. The van der Waals surface area contributed by atoms with Crippen molar-refractivity contribution in [3.8, 4) is 0 Å². The Morgan fingerprint density at radius 3 is 2.47 bits per heavy atom. The molecule has 3 aromatic rings. The highest BCUT2D eigenvalue weighted by molar-refractivity contribution is 9.10. The normalized spacial score (nSPS) is 14.6. The van der Waals surface area contributed by atoms with Crippen LogP contribution in [-0.4, -0.2) is 57.9 Å². The van der Waals surface area contributed by atoms with Gasteiger partial charge in [-0.2, -0.15) is 10.1 Å². The van der Waals surface area contributed by atoms with E-state index in [4.69, 9.17) is 0 Å². The van der Waals surface area contributed by atoms with Crippen molar-refractivity contribution in [3.63, 3.8) is 0 Å². The van der Waals surface area contributed by atoms with Crippen LogP contribution in [0.1, 0.15) is 0 Å². The van der Waals surface area contributed by atoms with Crippen molar-refractivity contribution >= 4 is 44.8 Å². The predicted molar refractivity (Wildman–Crippen MR) is 122 cm³/mol. The molecule has 4 rings (SSSR count). The second-order valence-electron chi connectivity index (χ2n) is 7.15. The zero-order valence-corrected chi connectivity index (χ0v) is 18.4. The molecule has 1 fully saturated rings. The molecule has 9 nitrogen and oxygen atoms in total. The summed E-state index contributed by atoms with van der Waals surface area (Å²) in [7, 11) is 3.75. The molecule has 2 N–H and O–H groups in total. The summed E-state index contributed by atoms with van der Waals surface area (Å²) >= 11 is 3.43. The number of rotatable bonds is 5. The van der Waals surface area contributed by atoms with Gasteiger partial charge in [-0.1, -0.05) is 0 Å². The second-order valence-corrected chi connectivity index (χ2v) is 8.01. The lowest BCUT2D eigenvalue weighted by atomic mass is 10.2. The van der Waals surface area contributed by atoms with Crippen LogP contribution in [0.2, 0.25) is 0 Å². The van der Waals surface area contributed by atoms with Gasteiger partial charge < -0.3 is 20.4 Å². The van der Waals surface area contributed by atoms with Gasteiger partial charge in [-0.3, -0.25) is 4.79 Å². The third-order valence-electron chi connectivity index (χ3n) is 4.99. The van der Waals surface area contributed by atoms with Crippen LogP contribution in [-0.2, 0) is 7.05 Å². The Bertz CT molecular complexity index is 1080. The van der Waals surface area contributed by atoms with Crippen molar-refractivity contribution in [2.24, 2.45) is 7.05 Å². The van der Waals surface area contributed by atoms with Gasteiger partial charge in [-0.15, -0.1) is 0 Å². The Balaban J connectivity index is 1.48. The van der Waals surface area contributed by atoms with Gasteiger partial charge in [-0.05, 0) is 53.3 Å². The molecule has 30 heavy (non-hydrogen) atoms. The average molecular weight is 471 g/mol. The molecular weight excluding hydrogens is 448 g/mol. The standard InChI is InChI=1S/C20H23BrN8O/c1-27-9-11-29(12-10-27)15-5-3-14(4-6-15)24-20-22-13-16(21)18(26-20)25-17-7-8-23-28(2)19(17)30/h3-8,13H,9-12H2,1-2H3,(H2,22,24,25,26). The maximum Gasteiger partial charge on any atom is 0.290 e. The molecule has 0 amide bonds. The van der Waals surface area contributed by atoms with Crippen LogP contribution in [0.3, 0.4) is 0 Å². The number of hydrogen-bond acceptors (Lipinski definition) is 8. The molecule has 0 radical (unpaired) electrons. The van der Waals surface area contributed by atoms with E-state index in [1.807, 2.05) is 12.1 Å². The largest absolute Gasteiger partial charge is 0.369 e. The summed E-state index contributed by atoms with van der Waals surface area (Å²) in [5.41, 5.74) is 2.24. The fraction of sp³-hybridized carbons (Fsp3) is 0.300. The summed E-state index contributed by atoms with van der Waals surface area (Å²) in [6, 6.07) is 9.86. The van der Waals surface area contributed by atoms with Gasteiger partial charge in [0.1, 0.15) is 5.69 Å². The van der Waals surface area contributed by atoms with Crippen molar-refractivity contribution in [1.82, 2.24) is 24.6 Å². The van der Waals surface area contributed by atoms with Crippen LogP contribution < -0.4 is 21.1 Å². The van der Waals surface area contributed by atoms with Gasteiger partial charge >= 0.3 is 0 Å². The van der Waals surface area contributed by atoms with E-state index < -0.39 is 0 Å². The van der Waals surface area contributed by atoms with Gasteiger partial charge in [-0.25, -0.2) is 9.67 Å². The summed E-state index contributed by atoms with van der Waals surface area (Å²) in [6.07, 6.45) is 3.20. The molecule has 1 aliphatic heterocycles. The van der Waals surface area contributed by atoms with Crippen LogP contribution >= 0.6 is 15.9 Å². The average Bonchev–Trinajstić information content (AvgIpc) is 2.75. The van der Waals surface area contributed by atoms with E-state index in [0.29, 0.717) is 21.9 Å². The molecule has 10 heteroatoms. The first-order valence-electron chi connectivity index (χ1n) is 9.62. The lowest BCUT2D eigenvalue weighted by molar-refractivity contribution is 0.313. The molecule has 1 aromatic carbocycles. The van der Waals surface area contributed by atoms with Crippen molar-refractivity contribution in [3.05, 3.63) is 57.6 Å².